The normalized spacial score (nSPS) is 19.0. The number of nitrogens with one attached hydrogen (secondary N) is 5. The fourth-order valence-corrected chi connectivity index (χ4v) is 7.02. The molecule has 7 amide bonds. The molecule has 0 bridgehead atoms. The summed E-state index contributed by atoms with van der Waals surface area (Å²) < 4.78 is 0. The molecule has 1 aliphatic rings. The van der Waals surface area contributed by atoms with Gasteiger partial charge in [-0.2, -0.15) is 0 Å². The van der Waals surface area contributed by atoms with Crippen molar-refractivity contribution >= 4 is 58.2 Å². The highest BCUT2D eigenvalue weighted by molar-refractivity contribution is 5.96. The van der Waals surface area contributed by atoms with E-state index in [1.54, 1.807) is 60.8 Å². The van der Waals surface area contributed by atoms with Gasteiger partial charge in [-0.05, 0) is 35.6 Å². The van der Waals surface area contributed by atoms with Crippen molar-refractivity contribution in [3.63, 3.8) is 0 Å². The first-order valence-corrected chi connectivity index (χ1v) is 20.1. The first-order valence-electron chi connectivity index (χ1n) is 20.1. The molecule has 2 heterocycles. The molecule has 1 aliphatic heterocycles. The zero-order valence-corrected chi connectivity index (χ0v) is 33.8. The number of nitrogens with zero attached hydrogens (tertiary/aromatic N) is 3. The van der Waals surface area contributed by atoms with Gasteiger partial charge >= 0.3 is 0 Å². The van der Waals surface area contributed by atoms with Crippen LogP contribution >= 0.6 is 0 Å². The number of hydrogen-bond acceptors (Lipinski definition) is 8. The van der Waals surface area contributed by atoms with E-state index in [2.05, 4.69) is 31.2 Å². The Hall–Kier alpha value is -7.24. The molecule has 3 atom stereocenters. The van der Waals surface area contributed by atoms with E-state index >= 15 is 0 Å². The quantitative estimate of drug-likeness (QED) is 0.0529. The number of amides is 7. The molecule has 1 saturated heterocycles. The Morgan fingerprint density at radius 3 is 2.07 bits per heavy atom. The lowest BCUT2D eigenvalue weighted by molar-refractivity contribution is -0.140. The molecule has 0 radical (unpaired) electrons. The number of aliphatic imine (C=N–C) groups is 1. The lowest BCUT2D eigenvalue weighted by Gasteiger charge is -2.29. The number of aromatic amines is 1. The predicted molar refractivity (Wildman–Crippen MR) is 228 cm³/mol. The summed E-state index contributed by atoms with van der Waals surface area (Å²) in [6.07, 6.45) is 1.48. The number of para-hydroxylation sites is 1. The summed E-state index contributed by atoms with van der Waals surface area (Å²) in [5.41, 5.74) is 19.6. The van der Waals surface area contributed by atoms with Crippen molar-refractivity contribution < 1.29 is 33.6 Å². The summed E-state index contributed by atoms with van der Waals surface area (Å²) in [6.45, 7) is -1.07. The summed E-state index contributed by atoms with van der Waals surface area (Å²) in [7, 11) is 0. The average molecular weight is 836 g/mol. The van der Waals surface area contributed by atoms with E-state index in [0.29, 0.717) is 11.1 Å². The van der Waals surface area contributed by atoms with Gasteiger partial charge in [0.05, 0.1) is 13.1 Å². The van der Waals surface area contributed by atoms with Crippen LogP contribution < -0.4 is 38.5 Å². The molecule has 61 heavy (non-hydrogen) atoms. The van der Waals surface area contributed by atoms with Gasteiger partial charge in [0.1, 0.15) is 18.1 Å². The smallest absolute Gasteiger partial charge is 0.246 e. The number of rotatable bonds is 12. The maximum atomic E-state index is 14.4. The van der Waals surface area contributed by atoms with E-state index in [1.165, 1.54) is 4.90 Å². The molecule has 11 N–H and O–H groups in total. The largest absolute Gasteiger partial charge is 0.370 e. The maximum Gasteiger partial charge on any atom is 0.246 e. The van der Waals surface area contributed by atoms with Crippen LogP contribution in [0.25, 0.3) is 10.9 Å². The number of guanidine groups is 1. The minimum absolute atomic E-state index is 0.0186. The van der Waals surface area contributed by atoms with Crippen LogP contribution in [-0.2, 0) is 52.9 Å². The summed E-state index contributed by atoms with van der Waals surface area (Å²) in [5.74, 6) is -4.75. The molecule has 5 rings (SSSR count). The van der Waals surface area contributed by atoms with E-state index in [0.717, 1.165) is 21.4 Å². The van der Waals surface area contributed by atoms with Gasteiger partial charge in [0, 0.05) is 69.0 Å². The lowest BCUT2D eigenvalue weighted by atomic mass is 10.0. The van der Waals surface area contributed by atoms with Gasteiger partial charge in [-0.15, -0.1) is 0 Å². The molecule has 0 spiro atoms. The van der Waals surface area contributed by atoms with Gasteiger partial charge in [-0.3, -0.25) is 38.6 Å². The van der Waals surface area contributed by atoms with Crippen LogP contribution in [0.2, 0.25) is 0 Å². The van der Waals surface area contributed by atoms with Crippen LogP contribution in [0, 0.1) is 0 Å². The second-order valence-corrected chi connectivity index (χ2v) is 14.8. The molecule has 322 valence electrons. The highest BCUT2D eigenvalue weighted by Crippen LogP contribution is 2.20. The first kappa shape index (κ1) is 44.9. The number of carbonyl (C=O) groups excluding carboxylic acids is 7. The summed E-state index contributed by atoms with van der Waals surface area (Å²) in [4.78, 5) is 106. The molecule has 0 saturated carbocycles. The molecule has 1 fully saturated rings. The number of primary amides is 1. The third kappa shape index (κ3) is 13.9. The number of H-pyrrole nitrogens is 1. The fourth-order valence-electron chi connectivity index (χ4n) is 7.02. The van der Waals surface area contributed by atoms with Gasteiger partial charge in [0.15, 0.2) is 5.96 Å². The molecule has 4 aromatic rings. The van der Waals surface area contributed by atoms with Crippen molar-refractivity contribution in [3.05, 3.63) is 108 Å². The third-order valence-corrected chi connectivity index (χ3v) is 10.1. The Morgan fingerprint density at radius 1 is 0.705 bits per heavy atom. The van der Waals surface area contributed by atoms with Gasteiger partial charge in [0.25, 0.3) is 0 Å². The van der Waals surface area contributed by atoms with Gasteiger partial charge in [-0.25, -0.2) is 0 Å². The van der Waals surface area contributed by atoms with Crippen LogP contribution in [0.5, 0.6) is 0 Å². The maximum absolute atomic E-state index is 14.4. The monoisotopic (exact) mass is 835 g/mol. The number of carbonyl (C=O) groups is 7. The SMILES string of the molecule is NC(=O)CN1CCNC(=O)CCC(=O)N(Cc2ccccc2)CC(=O)N[C@H](Cc2ccccc2)C(=O)N[C@@H](CCCN=C(N)N)C(=O)N[C@@H](Cc2c[nH]c3ccccc23)C1=O. The fraction of sp³-hybridized carbons (Fsp3) is 0.349. The number of benzene rings is 3. The number of nitrogens with two attached hydrogens (primary N) is 3. The standard InChI is InChI=1S/C43H53N11O7/c44-36(55)26-53-21-20-47-37(56)17-18-39(58)54(25-29-12-5-2-6-13-29)27-38(57)50-34(22-28-10-3-1-4-11-28)41(60)51-33(16-9-19-48-43(45)46)40(59)52-35(42(53)61)23-30-24-49-32-15-8-7-14-31(30)32/h1-8,10-15,24,33-35,49H,9,16-23,25-27H2,(H2,44,55)(H,47,56)(H,50,57)(H,51,60)(H,52,59)(H4,45,46,48)/t33-,34+,35-/m0/s1. The number of hydrogen-bond donors (Lipinski definition) is 8. The first-order chi connectivity index (χ1) is 29.4. The second-order valence-electron chi connectivity index (χ2n) is 14.8. The average Bonchev–Trinajstić information content (AvgIpc) is 3.65. The molecule has 0 aliphatic carbocycles. The molecule has 18 heteroatoms. The minimum Gasteiger partial charge on any atom is -0.370 e. The van der Waals surface area contributed by atoms with E-state index in [4.69, 9.17) is 17.2 Å². The Labute approximate surface area is 353 Å². The molecule has 1 aromatic heterocycles. The Balaban J connectivity index is 1.51. The topological polar surface area (TPSA) is 280 Å². The van der Waals surface area contributed by atoms with Crippen LogP contribution in [-0.4, -0.2) is 113 Å². The number of aromatic nitrogens is 1. The summed E-state index contributed by atoms with van der Waals surface area (Å²) >= 11 is 0. The van der Waals surface area contributed by atoms with E-state index < -0.39 is 72.6 Å². The van der Waals surface area contributed by atoms with Gasteiger partial charge in [-0.1, -0.05) is 78.9 Å². The van der Waals surface area contributed by atoms with Crippen molar-refractivity contribution in [1.82, 2.24) is 36.1 Å². The van der Waals surface area contributed by atoms with Crippen molar-refractivity contribution in [2.75, 3.05) is 32.7 Å². The van der Waals surface area contributed by atoms with Crippen LogP contribution in [0.15, 0.2) is 96.1 Å². The molecule has 0 unspecified atom stereocenters. The zero-order chi connectivity index (χ0) is 43.7. The van der Waals surface area contributed by atoms with Crippen LogP contribution in [0.3, 0.4) is 0 Å². The highest BCUT2D eigenvalue weighted by Gasteiger charge is 2.33. The van der Waals surface area contributed by atoms with Crippen molar-refractivity contribution in [2.45, 2.75) is 63.2 Å². The van der Waals surface area contributed by atoms with Crippen LogP contribution in [0.4, 0.5) is 0 Å². The van der Waals surface area contributed by atoms with Gasteiger partial charge < -0.3 is 53.3 Å². The van der Waals surface area contributed by atoms with E-state index in [1.807, 2.05) is 30.3 Å². The van der Waals surface area contributed by atoms with E-state index in [-0.39, 0.29) is 70.7 Å². The third-order valence-electron chi connectivity index (χ3n) is 10.1. The zero-order valence-electron chi connectivity index (χ0n) is 33.8. The molecular formula is C43H53N11O7. The Bertz CT molecular complexity index is 2190. The number of fused-ring (bicyclic) bond motifs is 1. The lowest BCUT2D eigenvalue weighted by Crippen LogP contribution is -2.59. The summed E-state index contributed by atoms with van der Waals surface area (Å²) in [5, 5.41) is 11.9. The van der Waals surface area contributed by atoms with Crippen molar-refractivity contribution in [3.8, 4) is 0 Å². The van der Waals surface area contributed by atoms with Crippen LogP contribution in [0.1, 0.15) is 42.4 Å². The Morgan fingerprint density at radius 2 is 1.36 bits per heavy atom. The van der Waals surface area contributed by atoms with Gasteiger partial charge in [0.2, 0.25) is 41.4 Å². The molecule has 18 nitrogen and oxygen atoms in total. The Kier molecular flexibility index (Phi) is 16.3. The van der Waals surface area contributed by atoms with E-state index in [9.17, 15) is 33.6 Å². The molecule has 3 aromatic carbocycles. The minimum atomic E-state index is -1.28. The summed E-state index contributed by atoms with van der Waals surface area (Å²) in [6, 6.07) is 21.6. The second kappa shape index (κ2) is 22.2. The van der Waals surface area contributed by atoms with Crippen molar-refractivity contribution in [2.24, 2.45) is 22.2 Å². The van der Waals surface area contributed by atoms with Crippen molar-refractivity contribution in [1.29, 1.82) is 0 Å². The predicted octanol–water partition coefficient (Wildman–Crippen LogP) is -0.286. The highest BCUT2D eigenvalue weighted by atomic mass is 16.2. The molecular weight excluding hydrogens is 783 g/mol.